The standard InChI is InChI=1S/C20H25N3O5/c1-2-15(19-18(3-1)26-14-27-19)10-21-20(12-25-13-20)9-16-8-17(28-22-16)11-23-4-6-24-7-5-23/h1-3,8,21H,4-7,9-14H2. The average molecular weight is 387 g/mol. The summed E-state index contributed by atoms with van der Waals surface area (Å²) >= 11 is 0. The fourth-order valence-electron chi connectivity index (χ4n) is 3.87. The van der Waals surface area contributed by atoms with Crippen molar-refractivity contribution in [1.29, 1.82) is 0 Å². The number of para-hydroxylation sites is 1. The summed E-state index contributed by atoms with van der Waals surface area (Å²) in [5.41, 5.74) is 1.92. The molecule has 0 saturated carbocycles. The molecule has 0 amide bonds. The smallest absolute Gasteiger partial charge is 0.231 e. The Hall–Kier alpha value is -2.13. The van der Waals surface area contributed by atoms with E-state index < -0.39 is 0 Å². The van der Waals surface area contributed by atoms with Gasteiger partial charge in [0.25, 0.3) is 0 Å². The Morgan fingerprint density at radius 3 is 2.82 bits per heavy atom. The van der Waals surface area contributed by atoms with Crippen molar-refractivity contribution in [3.63, 3.8) is 0 Å². The molecule has 3 aliphatic heterocycles. The maximum atomic E-state index is 5.61. The van der Waals surface area contributed by atoms with Crippen molar-refractivity contribution in [1.82, 2.24) is 15.4 Å². The van der Waals surface area contributed by atoms with E-state index in [-0.39, 0.29) is 12.3 Å². The van der Waals surface area contributed by atoms with E-state index in [2.05, 4.69) is 27.5 Å². The summed E-state index contributed by atoms with van der Waals surface area (Å²) < 4.78 is 27.6. The Morgan fingerprint density at radius 2 is 2.00 bits per heavy atom. The van der Waals surface area contributed by atoms with E-state index in [1.165, 1.54) is 0 Å². The Labute approximate surface area is 163 Å². The molecule has 1 aromatic carbocycles. The van der Waals surface area contributed by atoms with Crippen LogP contribution in [0.25, 0.3) is 0 Å². The molecular weight excluding hydrogens is 362 g/mol. The van der Waals surface area contributed by atoms with Crippen LogP contribution in [-0.2, 0) is 29.0 Å². The van der Waals surface area contributed by atoms with Crippen LogP contribution in [-0.4, -0.2) is 61.9 Å². The summed E-state index contributed by atoms with van der Waals surface area (Å²) in [6.45, 7) is 6.49. The molecule has 5 rings (SSSR count). The maximum absolute atomic E-state index is 5.61. The van der Waals surface area contributed by atoms with Crippen molar-refractivity contribution >= 4 is 0 Å². The third-order valence-corrected chi connectivity index (χ3v) is 5.50. The van der Waals surface area contributed by atoms with Gasteiger partial charge in [0.2, 0.25) is 6.79 Å². The largest absolute Gasteiger partial charge is 0.454 e. The van der Waals surface area contributed by atoms with Gasteiger partial charge in [0.15, 0.2) is 17.3 Å². The maximum Gasteiger partial charge on any atom is 0.231 e. The van der Waals surface area contributed by atoms with Gasteiger partial charge in [-0.3, -0.25) is 4.90 Å². The van der Waals surface area contributed by atoms with E-state index in [1.54, 1.807) is 0 Å². The number of benzene rings is 1. The second kappa shape index (κ2) is 7.71. The fourth-order valence-corrected chi connectivity index (χ4v) is 3.87. The zero-order valence-corrected chi connectivity index (χ0v) is 15.8. The van der Waals surface area contributed by atoms with Crippen molar-refractivity contribution in [3.05, 3.63) is 41.3 Å². The van der Waals surface area contributed by atoms with Gasteiger partial charge in [-0.25, -0.2) is 0 Å². The van der Waals surface area contributed by atoms with Crippen LogP contribution < -0.4 is 14.8 Å². The van der Waals surface area contributed by atoms with Crippen LogP contribution in [0.3, 0.4) is 0 Å². The SMILES string of the molecule is c1cc(CNC2(Cc3cc(CN4CCOCC4)on3)COC2)c2c(c1)OCO2. The summed E-state index contributed by atoms with van der Waals surface area (Å²) in [5, 5.41) is 7.94. The van der Waals surface area contributed by atoms with E-state index in [0.717, 1.165) is 67.8 Å². The van der Waals surface area contributed by atoms with E-state index in [0.29, 0.717) is 19.8 Å². The number of ether oxygens (including phenoxy) is 4. The first-order valence-electron chi connectivity index (χ1n) is 9.75. The second-order valence-corrected chi connectivity index (χ2v) is 7.63. The number of rotatable bonds is 7. The van der Waals surface area contributed by atoms with Gasteiger partial charge < -0.3 is 28.8 Å². The number of hydrogen-bond acceptors (Lipinski definition) is 8. The van der Waals surface area contributed by atoms with Crippen molar-refractivity contribution in [3.8, 4) is 11.5 Å². The number of morpholine rings is 1. The van der Waals surface area contributed by atoms with Crippen molar-refractivity contribution in [2.75, 3.05) is 46.3 Å². The summed E-state index contributed by atoms with van der Waals surface area (Å²) in [4.78, 5) is 2.33. The highest BCUT2D eigenvalue weighted by Crippen LogP contribution is 2.35. The molecule has 28 heavy (non-hydrogen) atoms. The fraction of sp³-hybridized carbons (Fsp3) is 0.550. The predicted octanol–water partition coefficient (Wildman–Crippen LogP) is 1.34. The third-order valence-electron chi connectivity index (χ3n) is 5.50. The summed E-state index contributed by atoms with van der Waals surface area (Å²) in [5.74, 6) is 2.54. The molecule has 1 N–H and O–H groups in total. The van der Waals surface area contributed by atoms with Gasteiger partial charge in [-0.05, 0) is 6.07 Å². The minimum atomic E-state index is -0.130. The number of nitrogens with zero attached hydrogens (tertiary/aromatic N) is 2. The Morgan fingerprint density at radius 1 is 1.11 bits per heavy atom. The van der Waals surface area contributed by atoms with Crippen LogP contribution in [0.15, 0.2) is 28.8 Å². The lowest BCUT2D eigenvalue weighted by molar-refractivity contribution is -0.0756. The number of nitrogens with one attached hydrogen (secondary N) is 1. The van der Waals surface area contributed by atoms with Crippen LogP contribution in [0, 0.1) is 0 Å². The molecule has 2 aromatic rings. The van der Waals surface area contributed by atoms with Crippen molar-refractivity contribution in [2.24, 2.45) is 0 Å². The molecule has 2 saturated heterocycles. The zero-order valence-electron chi connectivity index (χ0n) is 15.8. The monoisotopic (exact) mass is 387 g/mol. The number of aromatic nitrogens is 1. The first-order chi connectivity index (χ1) is 13.8. The highest BCUT2D eigenvalue weighted by Gasteiger charge is 2.39. The van der Waals surface area contributed by atoms with Crippen LogP contribution in [0.5, 0.6) is 11.5 Å². The highest BCUT2D eigenvalue weighted by atomic mass is 16.7. The van der Waals surface area contributed by atoms with Crippen LogP contribution >= 0.6 is 0 Å². The molecule has 0 spiro atoms. The predicted molar refractivity (Wildman–Crippen MR) is 99.3 cm³/mol. The van der Waals surface area contributed by atoms with E-state index >= 15 is 0 Å². The summed E-state index contributed by atoms with van der Waals surface area (Å²) in [6.07, 6.45) is 0.770. The lowest BCUT2D eigenvalue weighted by Crippen LogP contribution is -2.61. The van der Waals surface area contributed by atoms with E-state index in [1.807, 2.05) is 12.1 Å². The Kier molecular flexibility index (Phi) is 4.94. The molecule has 0 radical (unpaired) electrons. The molecule has 8 heteroatoms. The minimum Gasteiger partial charge on any atom is -0.454 e. The van der Waals surface area contributed by atoms with Gasteiger partial charge in [0.05, 0.1) is 44.2 Å². The highest BCUT2D eigenvalue weighted by molar-refractivity contribution is 5.48. The Balaban J connectivity index is 1.21. The molecular formula is C20H25N3O5. The number of fused-ring (bicyclic) bond motifs is 1. The van der Waals surface area contributed by atoms with Gasteiger partial charge >= 0.3 is 0 Å². The van der Waals surface area contributed by atoms with Crippen LogP contribution in [0.4, 0.5) is 0 Å². The molecule has 2 fully saturated rings. The van der Waals surface area contributed by atoms with Gasteiger partial charge in [-0.1, -0.05) is 17.3 Å². The second-order valence-electron chi connectivity index (χ2n) is 7.63. The molecule has 0 atom stereocenters. The molecule has 150 valence electrons. The topological polar surface area (TPSA) is 78.2 Å². The molecule has 0 aliphatic carbocycles. The quantitative estimate of drug-likeness (QED) is 0.763. The first kappa shape index (κ1) is 17.9. The Bertz CT molecular complexity index is 814. The van der Waals surface area contributed by atoms with E-state index in [4.69, 9.17) is 23.5 Å². The van der Waals surface area contributed by atoms with Gasteiger partial charge in [0, 0.05) is 37.7 Å². The van der Waals surface area contributed by atoms with E-state index in [9.17, 15) is 0 Å². The zero-order chi connectivity index (χ0) is 18.8. The molecule has 3 aliphatic rings. The molecule has 8 nitrogen and oxygen atoms in total. The normalized spacial score (nSPS) is 20.9. The third kappa shape index (κ3) is 3.73. The molecule has 0 unspecified atom stereocenters. The minimum absolute atomic E-state index is 0.130. The van der Waals surface area contributed by atoms with Crippen molar-refractivity contribution in [2.45, 2.75) is 25.0 Å². The number of hydrogen-bond donors (Lipinski definition) is 1. The summed E-state index contributed by atoms with van der Waals surface area (Å²) in [7, 11) is 0. The molecule has 0 bridgehead atoms. The lowest BCUT2D eigenvalue weighted by Gasteiger charge is -2.42. The van der Waals surface area contributed by atoms with Crippen LogP contribution in [0.2, 0.25) is 0 Å². The van der Waals surface area contributed by atoms with Gasteiger partial charge in [-0.15, -0.1) is 0 Å². The van der Waals surface area contributed by atoms with Gasteiger partial charge in [-0.2, -0.15) is 0 Å². The molecule has 1 aromatic heterocycles. The average Bonchev–Trinajstić information content (AvgIpc) is 3.34. The van der Waals surface area contributed by atoms with Gasteiger partial charge in [0.1, 0.15) is 0 Å². The lowest BCUT2D eigenvalue weighted by atomic mass is 9.90. The van der Waals surface area contributed by atoms with Crippen LogP contribution in [0.1, 0.15) is 17.0 Å². The molecule has 4 heterocycles. The summed E-state index contributed by atoms with van der Waals surface area (Å²) in [6, 6.07) is 8.04. The first-order valence-corrected chi connectivity index (χ1v) is 9.75. The van der Waals surface area contributed by atoms with Crippen molar-refractivity contribution < 1.29 is 23.5 Å².